The number of hydrogen-bond acceptors (Lipinski definition) is 7. The molecule has 2 aromatic heterocycles. The van der Waals surface area contributed by atoms with E-state index >= 15 is 0 Å². The zero-order valence-electron chi connectivity index (χ0n) is 15.0. The Balaban J connectivity index is 1.36. The first-order valence-corrected chi connectivity index (χ1v) is 8.86. The highest BCUT2D eigenvalue weighted by atomic mass is 19.1. The van der Waals surface area contributed by atoms with Crippen molar-refractivity contribution in [2.75, 3.05) is 36.4 Å². The van der Waals surface area contributed by atoms with Crippen LogP contribution in [0.1, 0.15) is 10.5 Å². The molecule has 0 saturated carbocycles. The fraction of sp³-hybridized carbons (Fsp3) is 0.211. The van der Waals surface area contributed by atoms with Gasteiger partial charge in [0.15, 0.2) is 11.5 Å². The van der Waals surface area contributed by atoms with E-state index in [1.807, 2.05) is 4.90 Å². The van der Waals surface area contributed by atoms with Gasteiger partial charge in [0, 0.05) is 44.3 Å². The Morgan fingerprint density at radius 3 is 2.43 bits per heavy atom. The quantitative estimate of drug-likeness (QED) is 0.743. The zero-order chi connectivity index (χ0) is 19.3. The molecular formula is C19H18FN7O. The van der Waals surface area contributed by atoms with Crippen LogP contribution in [0.2, 0.25) is 0 Å². The van der Waals surface area contributed by atoms with Crippen molar-refractivity contribution in [2.45, 2.75) is 0 Å². The number of carbonyl (C=O) groups is 1. The van der Waals surface area contributed by atoms with Gasteiger partial charge in [-0.15, -0.1) is 10.2 Å². The van der Waals surface area contributed by atoms with Gasteiger partial charge in [0.05, 0.1) is 0 Å². The first kappa shape index (κ1) is 17.8. The second-order valence-electron chi connectivity index (χ2n) is 6.27. The predicted molar refractivity (Wildman–Crippen MR) is 102 cm³/mol. The number of benzene rings is 1. The van der Waals surface area contributed by atoms with Gasteiger partial charge in [-0.25, -0.2) is 14.4 Å². The van der Waals surface area contributed by atoms with Crippen LogP contribution in [0.5, 0.6) is 0 Å². The molecule has 1 aliphatic rings. The summed E-state index contributed by atoms with van der Waals surface area (Å²) in [4.78, 5) is 24.9. The summed E-state index contributed by atoms with van der Waals surface area (Å²) in [7, 11) is 0. The highest BCUT2D eigenvalue weighted by molar-refractivity contribution is 5.92. The van der Waals surface area contributed by atoms with E-state index in [1.165, 1.54) is 12.1 Å². The van der Waals surface area contributed by atoms with E-state index in [-0.39, 0.29) is 17.4 Å². The van der Waals surface area contributed by atoms with Gasteiger partial charge in [-0.3, -0.25) is 4.79 Å². The third kappa shape index (κ3) is 4.03. The molecule has 4 rings (SSSR count). The van der Waals surface area contributed by atoms with Gasteiger partial charge in [0.1, 0.15) is 5.82 Å². The summed E-state index contributed by atoms with van der Waals surface area (Å²) >= 11 is 0. The van der Waals surface area contributed by atoms with E-state index in [0.717, 1.165) is 0 Å². The van der Waals surface area contributed by atoms with Crippen LogP contribution in [-0.2, 0) is 0 Å². The average molecular weight is 379 g/mol. The molecule has 3 heterocycles. The lowest BCUT2D eigenvalue weighted by atomic mass is 10.2. The van der Waals surface area contributed by atoms with Gasteiger partial charge in [-0.05, 0) is 36.4 Å². The summed E-state index contributed by atoms with van der Waals surface area (Å²) in [5.74, 6) is 0.596. The number of hydrogen-bond donors (Lipinski definition) is 1. The van der Waals surface area contributed by atoms with Gasteiger partial charge in [-0.2, -0.15) is 0 Å². The Morgan fingerprint density at radius 2 is 1.75 bits per heavy atom. The molecule has 0 atom stereocenters. The van der Waals surface area contributed by atoms with Gasteiger partial charge in [0.25, 0.3) is 5.91 Å². The molecule has 0 radical (unpaired) electrons. The van der Waals surface area contributed by atoms with Crippen LogP contribution in [-0.4, -0.2) is 57.2 Å². The number of carbonyl (C=O) groups excluding carboxylic acids is 1. The molecule has 0 bridgehead atoms. The maximum atomic E-state index is 13.2. The maximum Gasteiger partial charge on any atom is 0.274 e. The van der Waals surface area contributed by atoms with Crippen LogP contribution in [0.3, 0.4) is 0 Å². The molecule has 0 unspecified atom stereocenters. The van der Waals surface area contributed by atoms with Crippen LogP contribution < -0.4 is 10.2 Å². The number of nitrogens with one attached hydrogen (secondary N) is 1. The van der Waals surface area contributed by atoms with E-state index in [4.69, 9.17) is 0 Å². The van der Waals surface area contributed by atoms with Crippen LogP contribution in [0.15, 0.2) is 54.9 Å². The molecule has 8 nitrogen and oxygen atoms in total. The fourth-order valence-electron chi connectivity index (χ4n) is 2.95. The number of rotatable bonds is 4. The molecule has 3 aromatic rings. The van der Waals surface area contributed by atoms with Crippen molar-refractivity contribution in [3.8, 4) is 0 Å². The highest BCUT2D eigenvalue weighted by Crippen LogP contribution is 2.16. The second kappa shape index (κ2) is 7.95. The van der Waals surface area contributed by atoms with E-state index in [9.17, 15) is 9.18 Å². The molecule has 142 valence electrons. The molecule has 1 N–H and O–H groups in total. The SMILES string of the molecule is O=C(c1ccc(Nc2cccc(F)c2)nn1)N1CCN(c2ncccn2)CC1. The topological polar surface area (TPSA) is 87.1 Å². The van der Waals surface area contributed by atoms with Crippen molar-refractivity contribution < 1.29 is 9.18 Å². The predicted octanol–water partition coefficient (Wildman–Crippen LogP) is 2.11. The van der Waals surface area contributed by atoms with Crippen LogP contribution in [0, 0.1) is 5.82 Å². The summed E-state index contributed by atoms with van der Waals surface area (Å²) in [6.45, 7) is 2.43. The Bertz CT molecular complexity index is 944. The highest BCUT2D eigenvalue weighted by Gasteiger charge is 2.24. The van der Waals surface area contributed by atoms with Crippen LogP contribution in [0.4, 0.5) is 21.8 Å². The number of nitrogens with zero attached hydrogens (tertiary/aromatic N) is 6. The van der Waals surface area contributed by atoms with Crippen molar-refractivity contribution in [2.24, 2.45) is 0 Å². The third-order valence-electron chi connectivity index (χ3n) is 4.38. The normalized spacial score (nSPS) is 14.0. The largest absolute Gasteiger partial charge is 0.339 e. The average Bonchev–Trinajstić information content (AvgIpc) is 2.75. The van der Waals surface area contributed by atoms with E-state index in [2.05, 4.69) is 25.5 Å². The van der Waals surface area contributed by atoms with Gasteiger partial charge < -0.3 is 15.1 Å². The molecule has 1 aliphatic heterocycles. The van der Waals surface area contributed by atoms with Gasteiger partial charge >= 0.3 is 0 Å². The molecular weight excluding hydrogens is 361 g/mol. The van der Waals surface area contributed by atoms with Crippen LogP contribution in [0.25, 0.3) is 0 Å². The number of amides is 1. The molecule has 0 spiro atoms. The number of anilines is 3. The van der Waals surface area contributed by atoms with E-state index in [1.54, 1.807) is 47.6 Å². The van der Waals surface area contributed by atoms with E-state index in [0.29, 0.717) is 43.6 Å². The summed E-state index contributed by atoms with van der Waals surface area (Å²) in [6.07, 6.45) is 3.41. The summed E-state index contributed by atoms with van der Waals surface area (Å²) < 4.78 is 13.2. The Hall–Kier alpha value is -3.62. The molecule has 9 heteroatoms. The molecule has 1 fully saturated rings. The maximum absolute atomic E-state index is 13.2. The van der Waals surface area contributed by atoms with Crippen LogP contribution >= 0.6 is 0 Å². The fourth-order valence-corrected chi connectivity index (χ4v) is 2.95. The number of halogens is 1. The molecule has 1 amide bonds. The molecule has 1 aromatic carbocycles. The first-order valence-electron chi connectivity index (χ1n) is 8.86. The lowest BCUT2D eigenvalue weighted by Crippen LogP contribution is -2.49. The summed E-state index contributed by atoms with van der Waals surface area (Å²) in [5.41, 5.74) is 0.835. The molecule has 0 aliphatic carbocycles. The first-order chi connectivity index (χ1) is 13.7. The van der Waals surface area contributed by atoms with E-state index < -0.39 is 0 Å². The van der Waals surface area contributed by atoms with Gasteiger partial charge in [-0.1, -0.05) is 6.07 Å². The van der Waals surface area contributed by atoms with Crippen molar-refractivity contribution in [3.05, 3.63) is 66.4 Å². The minimum Gasteiger partial charge on any atom is -0.339 e. The van der Waals surface area contributed by atoms with Crippen molar-refractivity contribution in [3.63, 3.8) is 0 Å². The summed E-state index contributed by atoms with van der Waals surface area (Å²) in [6, 6.07) is 11.1. The number of piperazine rings is 1. The van der Waals surface area contributed by atoms with Crippen molar-refractivity contribution >= 4 is 23.4 Å². The second-order valence-corrected chi connectivity index (χ2v) is 6.27. The smallest absolute Gasteiger partial charge is 0.274 e. The Labute approximate surface area is 161 Å². The standard InChI is InChI=1S/C19H18FN7O/c20-14-3-1-4-15(13-14)23-17-6-5-16(24-25-17)18(28)26-9-11-27(12-10-26)19-21-7-2-8-22-19/h1-8,13H,9-12H2,(H,23,25). The summed E-state index contributed by atoms with van der Waals surface area (Å²) in [5, 5.41) is 11.0. The van der Waals surface area contributed by atoms with Crippen molar-refractivity contribution in [1.29, 1.82) is 0 Å². The third-order valence-corrected chi connectivity index (χ3v) is 4.38. The molecule has 1 saturated heterocycles. The lowest BCUT2D eigenvalue weighted by molar-refractivity contribution is 0.0739. The number of aromatic nitrogens is 4. The Kier molecular flexibility index (Phi) is 5.05. The minimum absolute atomic E-state index is 0.168. The zero-order valence-corrected chi connectivity index (χ0v) is 15.0. The minimum atomic E-state index is -0.343. The van der Waals surface area contributed by atoms with Crippen molar-refractivity contribution in [1.82, 2.24) is 25.1 Å². The van der Waals surface area contributed by atoms with Gasteiger partial charge in [0.2, 0.25) is 5.95 Å². The monoisotopic (exact) mass is 379 g/mol. The molecule has 28 heavy (non-hydrogen) atoms. The Morgan fingerprint density at radius 1 is 0.964 bits per heavy atom. The lowest BCUT2D eigenvalue weighted by Gasteiger charge is -2.34.